The number of rotatable bonds is 4. The van der Waals surface area contributed by atoms with E-state index in [0.29, 0.717) is 17.3 Å². The summed E-state index contributed by atoms with van der Waals surface area (Å²) in [6.45, 7) is 1.15. The van der Waals surface area contributed by atoms with E-state index in [9.17, 15) is 18.0 Å². The molecule has 1 aliphatic rings. The Kier molecular flexibility index (Phi) is 4.90. The third-order valence-electron chi connectivity index (χ3n) is 4.18. The largest absolute Gasteiger partial charge is 0.452 e. The highest BCUT2D eigenvalue weighted by Gasteiger charge is 2.39. The molecule has 7 nitrogen and oxygen atoms in total. The minimum atomic E-state index is -3.15. The Bertz CT molecular complexity index is 992. The lowest BCUT2D eigenvalue weighted by atomic mass is 10.0. The standard InChI is InChI=1S/C17H17ClN2O5S/c1-17(6-7-26(23,24)10-17)20-15(21)9-25-16(22)12-8-14(18)19-13-5-3-2-4-11(12)13/h2-5,8H,6-7,9-10H2,1H3,(H,20,21)/t17-/m1/s1. The summed E-state index contributed by atoms with van der Waals surface area (Å²) in [5.41, 5.74) is -0.0854. The van der Waals surface area contributed by atoms with Crippen LogP contribution in [0.5, 0.6) is 0 Å². The number of aromatic nitrogens is 1. The second-order valence-electron chi connectivity index (χ2n) is 6.54. The number of fused-ring (bicyclic) bond motifs is 1. The number of nitrogens with one attached hydrogen (secondary N) is 1. The fourth-order valence-electron chi connectivity index (χ4n) is 3.00. The van der Waals surface area contributed by atoms with E-state index in [1.165, 1.54) is 6.07 Å². The molecule has 0 radical (unpaired) electrons. The van der Waals surface area contributed by atoms with Gasteiger partial charge in [0.15, 0.2) is 16.4 Å². The zero-order chi connectivity index (χ0) is 18.9. The molecule has 138 valence electrons. The first-order valence-corrected chi connectivity index (χ1v) is 10.1. The Morgan fingerprint density at radius 1 is 1.35 bits per heavy atom. The van der Waals surface area contributed by atoms with Crippen LogP contribution in [0.15, 0.2) is 30.3 Å². The normalized spacial score (nSPS) is 21.5. The van der Waals surface area contributed by atoms with Crippen molar-refractivity contribution in [3.05, 3.63) is 41.0 Å². The van der Waals surface area contributed by atoms with Gasteiger partial charge in [0.25, 0.3) is 5.91 Å². The molecule has 9 heteroatoms. The quantitative estimate of drug-likeness (QED) is 0.623. The first kappa shape index (κ1) is 18.6. The van der Waals surface area contributed by atoms with Gasteiger partial charge >= 0.3 is 5.97 Å². The van der Waals surface area contributed by atoms with Gasteiger partial charge in [-0.05, 0) is 25.5 Å². The predicted octanol–water partition coefficient (Wildman–Crippen LogP) is 1.74. The number of sulfone groups is 1. The molecule has 1 fully saturated rings. The van der Waals surface area contributed by atoms with Crippen LogP contribution >= 0.6 is 11.6 Å². The van der Waals surface area contributed by atoms with Crippen molar-refractivity contribution >= 4 is 44.2 Å². The average molecular weight is 397 g/mol. The smallest absolute Gasteiger partial charge is 0.339 e. The summed E-state index contributed by atoms with van der Waals surface area (Å²) in [5, 5.41) is 3.34. The molecule has 2 aromatic rings. The van der Waals surface area contributed by atoms with Crippen molar-refractivity contribution < 1.29 is 22.7 Å². The minimum Gasteiger partial charge on any atom is -0.452 e. The molecule has 3 rings (SSSR count). The first-order valence-electron chi connectivity index (χ1n) is 7.91. The fourth-order valence-corrected chi connectivity index (χ4v) is 5.30. The monoisotopic (exact) mass is 396 g/mol. The number of carbonyl (C=O) groups excluding carboxylic acids is 2. The summed E-state index contributed by atoms with van der Waals surface area (Å²) in [4.78, 5) is 28.5. The van der Waals surface area contributed by atoms with E-state index in [4.69, 9.17) is 16.3 Å². The van der Waals surface area contributed by atoms with Crippen molar-refractivity contribution in [2.45, 2.75) is 18.9 Å². The molecule has 2 heterocycles. The number of halogens is 1. The Morgan fingerprint density at radius 3 is 2.77 bits per heavy atom. The van der Waals surface area contributed by atoms with Crippen molar-refractivity contribution in [3.8, 4) is 0 Å². The molecule has 0 unspecified atom stereocenters. The fraction of sp³-hybridized carbons (Fsp3) is 0.353. The number of pyridine rings is 1. The molecule has 26 heavy (non-hydrogen) atoms. The van der Waals surface area contributed by atoms with Crippen LogP contribution in [0.1, 0.15) is 23.7 Å². The van der Waals surface area contributed by atoms with Gasteiger partial charge in [-0.1, -0.05) is 29.8 Å². The molecular weight excluding hydrogens is 380 g/mol. The lowest BCUT2D eigenvalue weighted by molar-refractivity contribution is -0.125. The van der Waals surface area contributed by atoms with Crippen molar-refractivity contribution in [1.82, 2.24) is 10.3 Å². The summed E-state index contributed by atoms with van der Waals surface area (Å²) in [6.07, 6.45) is 0.333. The van der Waals surface area contributed by atoms with Gasteiger partial charge in [-0.3, -0.25) is 4.79 Å². The SMILES string of the molecule is C[C@@]1(NC(=O)COC(=O)c2cc(Cl)nc3ccccc23)CCS(=O)(=O)C1. The summed E-state index contributed by atoms with van der Waals surface area (Å²) >= 11 is 5.93. The Balaban J connectivity index is 1.67. The van der Waals surface area contributed by atoms with Crippen molar-refractivity contribution in [3.63, 3.8) is 0 Å². The van der Waals surface area contributed by atoms with Crippen LogP contribution in [0.3, 0.4) is 0 Å². The molecule has 0 saturated carbocycles. The van der Waals surface area contributed by atoms with Gasteiger partial charge in [-0.15, -0.1) is 0 Å². The summed E-state index contributed by atoms with van der Waals surface area (Å²) in [7, 11) is -3.15. The van der Waals surface area contributed by atoms with Gasteiger partial charge < -0.3 is 10.1 Å². The Morgan fingerprint density at radius 2 is 2.08 bits per heavy atom. The van der Waals surface area contributed by atoms with E-state index >= 15 is 0 Å². The third kappa shape index (κ3) is 4.13. The van der Waals surface area contributed by atoms with Crippen molar-refractivity contribution in [2.75, 3.05) is 18.1 Å². The number of nitrogens with zero attached hydrogens (tertiary/aromatic N) is 1. The number of hydrogen-bond acceptors (Lipinski definition) is 6. The van der Waals surface area contributed by atoms with Gasteiger partial charge in [-0.25, -0.2) is 18.2 Å². The highest BCUT2D eigenvalue weighted by molar-refractivity contribution is 7.91. The molecule has 1 atom stereocenters. The molecule has 1 saturated heterocycles. The number of benzene rings is 1. The second-order valence-corrected chi connectivity index (χ2v) is 9.11. The number of hydrogen-bond donors (Lipinski definition) is 1. The van der Waals surface area contributed by atoms with Crippen LogP contribution in [0.2, 0.25) is 5.15 Å². The van der Waals surface area contributed by atoms with Crippen LogP contribution in [-0.4, -0.2) is 48.9 Å². The Hall–Kier alpha value is -2.19. The van der Waals surface area contributed by atoms with Gasteiger partial charge in [-0.2, -0.15) is 0 Å². The maximum absolute atomic E-state index is 12.4. The lowest BCUT2D eigenvalue weighted by Gasteiger charge is -2.23. The topological polar surface area (TPSA) is 102 Å². The van der Waals surface area contributed by atoms with Crippen LogP contribution in [-0.2, 0) is 19.4 Å². The highest BCUT2D eigenvalue weighted by atomic mass is 35.5. The second kappa shape index (κ2) is 6.85. The number of para-hydroxylation sites is 1. The maximum Gasteiger partial charge on any atom is 0.339 e. The minimum absolute atomic E-state index is 0.0328. The van der Waals surface area contributed by atoms with E-state index in [0.717, 1.165) is 0 Å². The molecule has 1 aromatic carbocycles. The molecular formula is C17H17ClN2O5S. The van der Waals surface area contributed by atoms with E-state index in [1.807, 2.05) is 0 Å². The van der Waals surface area contributed by atoms with Gasteiger partial charge in [0.2, 0.25) is 0 Å². The van der Waals surface area contributed by atoms with Gasteiger partial charge in [0, 0.05) is 5.39 Å². The maximum atomic E-state index is 12.4. The van der Waals surface area contributed by atoms with Crippen molar-refractivity contribution in [1.29, 1.82) is 0 Å². The molecule has 1 N–H and O–H groups in total. The van der Waals surface area contributed by atoms with E-state index < -0.39 is 33.9 Å². The first-order chi connectivity index (χ1) is 12.2. The van der Waals surface area contributed by atoms with E-state index in [-0.39, 0.29) is 22.2 Å². The number of ether oxygens (including phenoxy) is 1. The predicted molar refractivity (Wildman–Crippen MR) is 96.9 cm³/mol. The van der Waals surface area contributed by atoms with Crippen LogP contribution in [0.25, 0.3) is 10.9 Å². The number of esters is 1. The highest BCUT2D eigenvalue weighted by Crippen LogP contribution is 2.23. The molecule has 0 bridgehead atoms. The summed E-state index contributed by atoms with van der Waals surface area (Å²) < 4.78 is 28.2. The zero-order valence-electron chi connectivity index (χ0n) is 14.0. The lowest BCUT2D eigenvalue weighted by Crippen LogP contribution is -2.48. The van der Waals surface area contributed by atoms with Gasteiger partial charge in [0.05, 0.1) is 28.1 Å². The van der Waals surface area contributed by atoms with E-state index in [2.05, 4.69) is 10.3 Å². The van der Waals surface area contributed by atoms with Crippen LogP contribution in [0.4, 0.5) is 0 Å². The molecule has 1 aliphatic heterocycles. The summed E-state index contributed by atoms with van der Waals surface area (Å²) in [6, 6.07) is 8.33. The molecule has 1 aromatic heterocycles. The zero-order valence-corrected chi connectivity index (χ0v) is 15.6. The number of carbonyl (C=O) groups is 2. The molecule has 0 aliphatic carbocycles. The van der Waals surface area contributed by atoms with Gasteiger partial charge in [0.1, 0.15) is 5.15 Å². The molecule has 0 spiro atoms. The summed E-state index contributed by atoms with van der Waals surface area (Å²) in [5.74, 6) is -1.35. The molecule has 1 amide bonds. The Labute approximate surface area is 155 Å². The van der Waals surface area contributed by atoms with Crippen molar-refractivity contribution in [2.24, 2.45) is 0 Å². The number of amides is 1. The van der Waals surface area contributed by atoms with Crippen LogP contribution in [0, 0.1) is 0 Å². The van der Waals surface area contributed by atoms with E-state index in [1.54, 1.807) is 31.2 Å². The van der Waals surface area contributed by atoms with Crippen LogP contribution < -0.4 is 5.32 Å². The third-order valence-corrected chi connectivity index (χ3v) is 6.28. The average Bonchev–Trinajstić information content (AvgIpc) is 2.84.